The maximum atomic E-state index is 9.34. The lowest BCUT2D eigenvalue weighted by Gasteiger charge is -2.10. The third-order valence-corrected chi connectivity index (χ3v) is 3.41. The minimum atomic E-state index is 0.215. The van der Waals surface area contributed by atoms with E-state index in [4.69, 9.17) is 10.5 Å². The molecule has 2 heterocycles. The summed E-state index contributed by atoms with van der Waals surface area (Å²) < 4.78 is 5.24. The molecule has 0 amide bonds. The Labute approximate surface area is 128 Å². The third-order valence-electron chi connectivity index (χ3n) is 3.41. The number of aromatic nitrogens is 2. The number of ether oxygens (including phenoxy) is 1. The van der Waals surface area contributed by atoms with E-state index in [9.17, 15) is 5.26 Å². The molecule has 0 fully saturated rings. The van der Waals surface area contributed by atoms with Crippen LogP contribution in [-0.2, 0) is 0 Å². The Morgan fingerprint density at radius 1 is 1.23 bits per heavy atom. The largest absolute Gasteiger partial charge is 0.497 e. The highest BCUT2D eigenvalue weighted by atomic mass is 16.5. The summed E-state index contributed by atoms with van der Waals surface area (Å²) in [5.41, 5.74) is 9.47. The number of rotatable bonds is 3. The Kier molecular flexibility index (Phi) is 3.50. The molecule has 0 spiro atoms. The molecule has 22 heavy (non-hydrogen) atoms. The van der Waals surface area contributed by atoms with Crippen LogP contribution in [0.4, 0.5) is 5.82 Å². The second-order valence-corrected chi connectivity index (χ2v) is 4.74. The molecular weight excluding hydrogens is 276 g/mol. The van der Waals surface area contributed by atoms with Crippen molar-refractivity contribution in [2.45, 2.75) is 0 Å². The number of hydrogen-bond acceptors (Lipinski definition) is 4. The fourth-order valence-corrected chi connectivity index (χ4v) is 2.32. The van der Waals surface area contributed by atoms with Gasteiger partial charge in [0.05, 0.1) is 12.8 Å². The molecule has 0 radical (unpaired) electrons. The lowest BCUT2D eigenvalue weighted by atomic mass is 10.0. The van der Waals surface area contributed by atoms with Crippen LogP contribution >= 0.6 is 0 Å². The average Bonchev–Trinajstić information content (AvgIpc) is 3.08. The number of hydrogen-bond donors (Lipinski definition) is 2. The smallest absolute Gasteiger partial charge is 0.142 e. The molecular formula is C17H14N4O. The molecule has 3 N–H and O–H groups in total. The van der Waals surface area contributed by atoms with Crippen molar-refractivity contribution < 1.29 is 4.74 Å². The van der Waals surface area contributed by atoms with E-state index in [-0.39, 0.29) is 5.82 Å². The molecule has 0 saturated heterocycles. The third kappa shape index (κ3) is 2.38. The SMILES string of the molecule is COc1cccc(-c2cc(-c3ccc[nH]3)c(C#N)c(N)n2)c1. The van der Waals surface area contributed by atoms with E-state index in [1.54, 1.807) is 13.3 Å². The molecule has 0 saturated carbocycles. The van der Waals surface area contributed by atoms with Crippen LogP contribution in [0.15, 0.2) is 48.7 Å². The van der Waals surface area contributed by atoms with Gasteiger partial charge >= 0.3 is 0 Å². The van der Waals surface area contributed by atoms with Gasteiger partial charge in [-0.1, -0.05) is 12.1 Å². The van der Waals surface area contributed by atoms with Gasteiger partial charge in [0.2, 0.25) is 0 Å². The number of anilines is 1. The minimum Gasteiger partial charge on any atom is -0.497 e. The number of aromatic amines is 1. The summed E-state index contributed by atoms with van der Waals surface area (Å²) in [5, 5.41) is 9.34. The second-order valence-electron chi connectivity index (χ2n) is 4.74. The van der Waals surface area contributed by atoms with Gasteiger partial charge in [-0.3, -0.25) is 0 Å². The number of H-pyrrole nitrogens is 1. The topological polar surface area (TPSA) is 87.7 Å². The Morgan fingerprint density at radius 2 is 2.09 bits per heavy atom. The summed E-state index contributed by atoms with van der Waals surface area (Å²) in [5.74, 6) is 0.955. The number of pyridine rings is 1. The zero-order valence-electron chi connectivity index (χ0n) is 12.0. The van der Waals surface area contributed by atoms with E-state index in [0.717, 1.165) is 22.6 Å². The van der Waals surface area contributed by atoms with Gasteiger partial charge in [0, 0.05) is 23.0 Å². The van der Waals surface area contributed by atoms with E-state index in [1.165, 1.54) is 0 Å². The van der Waals surface area contributed by atoms with Gasteiger partial charge in [-0.2, -0.15) is 5.26 Å². The predicted octanol–water partition coefficient (Wildman–Crippen LogP) is 3.21. The normalized spacial score (nSPS) is 10.2. The van der Waals surface area contributed by atoms with Crippen molar-refractivity contribution in [1.29, 1.82) is 5.26 Å². The number of nitrogen functional groups attached to an aromatic ring is 1. The molecule has 3 rings (SSSR count). The summed E-state index contributed by atoms with van der Waals surface area (Å²) in [6.07, 6.45) is 1.80. The van der Waals surface area contributed by atoms with Crippen LogP contribution in [-0.4, -0.2) is 17.1 Å². The van der Waals surface area contributed by atoms with Gasteiger partial charge in [0.25, 0.3) is 0 Å². The van der Waals surface area contributed by atoms with Crippen molar-refractivity contribution in [2.24, 2.45) is 0 Å². The molecule has 5 heteroatoms. The zero-order valence-corrected chi connectivity index (χ0v) is 12.0. The summed E-state index contributed by atoms with van der Waals surface area (Å²) >= 11 is 0. The molecule has 0 aliphatic rings. The molecule has 108 valence electrons. The number of nitrogens with zero attached hydrogens (tertiary/aromatic N) is 2. The Hall–Kier alpha value is -3.26. The van der Waals surface area contributed by atoms with Crippen LogP contribution < -0.4 is 10.5 Å². The first kappa shape index (κ1) is 13.7. The number of nitrogens with two attached hydrogens (primary N) is 1. The van der Waals surface area contributed by atoms with Crippen LogP contribution in [0.25, 0.3) is 22.5 Å². The number of nitriles is 1. The van der Waals surface area contributed by atoms with Crippen molar-refractivity contribution in [3.8, 4) is 34.3 Å². The van der Waals surface area contributed by atoms with Crippen molar-refractivity contribution in [3.63, 3.8) is 0 Å². The van der Waals surface area contributed by atoms with E-state index < -0.39 is 0 Å². The van der Waals surface area contributed by atoms with Gasteiger partial charge in [-0.25, -0.2) is 4.98 Å². The van der Waals surface area contributed by atoms with E-state index in [0.29, 0.717) is 11.3 Å². The fraction of sp³-hybridized carbons (Fsp3) is 0.0588. The van der Waals surface area contributed by atoms with Gasteiger partial charge in [0.1, 0.15) is 23.2 Å². The van der Waals surface area contributed by atoms with E-state index in [1.807, 2.05) is 42.5 Å². The molecule has 0 atom stereocenters. The monoisotopic (exact) mass is 290 g/mol. The van der Waals surface area contributed by atoms with Crippen LogP contribution in [0.1, 0.15) is 5.56 Å². The molecule has 2 aromatic heterocycles. The fourth-order valence-electron chi connectivity index (χ4n) is 2.32. The summed E-state index contributed by atoms with van der Waals surface area (Å²) in [6, 6.07) is 15.3. The standard InChI is InChI=1S/C17H14N4O/c1-22-12-5-2-4-11(8-12)16-9-13(15-6-3-7-20-15)14(10-18)17(19)21-16/h2-9,20H,1H3,(H2,19,21). The molecule has 0 bridgehead atoms. The summed E-state index contributed by atoms with van der Waals surface area (Å²) in [4.78, 5) is 7.44. The van der Waals surface area contributed by atoms with E-state index in [2.05, 4.69) is 16.0 Å². The Balaban J connectivity index is 2.20. The number of methoxy groups -OCH3 is 1. The highest BCUT2D eigenvalue weighted by molar-refractivity contribution is 5.78. The maximum Gasteiger partial charge on any atom is 0.142 e. The first-order chi connectivity index (χ1) is 10.7. The molecule has 0 unspecified atom stereocenters. The van der Waals surface area contributed by atoms with Crippen LogP contribution in [0.2, 0.25) is 0 Å². The van der Waals surface area contributed by atoms with Crippen LogP contribution in [0.5, 0.6) is 5.75 Å². The molecule has 1 aromatic carbocycles. The Morgan fingerprint density at radius 3 is 2.77 bits per heavy atom. The maximum absolute atomic E-state index is 9.34. The molecule has 5 nitrogen and oxygen atoms in total. The zero-order chi connectivity index (χ0) is 15.5. The van der Waals surface area contributed by atoms with Gasteiger partial charge < -0.3 is 15.5 Å². The first-order valence-corrected chi connectivity index (χ1v) is 6.71. The highest BCUT2D eigenvalue weighted by Gasteiger charge is 2.14. The van der Waals surface area contributed by atoms with Crippen molar-refractivity contribution in [3.05, 3.63) is 54.2 Å². The van der Waals surface area contributed by atoms with Gasteiger partial charge in [0.15, 0.2) is 0 Å². The van der Waals surface area contributed by atoms with Crippen molar-refractivity contribution >= 4 is 5.82 Å². The quantitative estimate of drug-likeness (QED) is 0.775. The van der Waals surface area contributed by atoms with E-state index >= 15 is 0 Å². The highest BCUT2D eigenvalue weighted by Crippen LogP contribution is 2.31. The summed E-state index contributed by atoms with van der Waals surface area (Å²) in [7, 11) is 1.62. The van der Waals surface area contributed by atoms with Crippen molar-refractivity contribution in [2.75, 3.05) is 12.8 Å². The number of nitrogens with one attached hydrogen (secondary N) is 1. The first-order valence-electron chi connectivity index (χ1n) is 6.71. The second kappa shape index (κ2) is 5.62. The van der Waals surface area contributed by atoms with Gasteiger partial charge in [-0.15, -0.1) is 0 Å². The van der Waals surface area contributed by atoms with Crippen LogP contribution in [0, 0.1) is 11.3 Å². The van der Waals surface area contributed by atoms with Gasteiger partial charge in [-0.05, 0) is 30.3 Å². The summed E-state index contributed by atoms with van der Waals surface area (Å²) in [6.45, 7) is 0. The van der Waals surface area contributed by atoms with Crippen LogP contribution in [0.3, 0.4) is 0 Å². The number of benzene rings is 1. The lowest BCUT2D eigenvalue weighted by Crippen LogP contribution is -2.00. The minimum absolute atomic E-state index is 0.215. The lowest BCUT2D eigenvalue weighted by molar-refractivity contribution is 0.415. The molecule has 0 aliphatic heterocycles. The molecule has 0 aliphatic carbocycles. The van der Waals surface area contributed by atoms with Crippen molar-refractivity contribution in [1.82, 2.24) is 9.97 Å². The predicted molar refractivity (Wildman–Crippen MR) is 85.1 cm³/mol. The Bertz CT molecular complexity index is 848. The average molecular weight is 290 g/mol. The molecule has 3 aromatic rings.